The van der Waals surface area contributed by atoms with Crippen molar-refractivity contribution < 1.29 is 0 Å². The first kappa shape index (κ1) is 14.2. The smallest absolute Gasteiger partial charge is 0.0538 e. The number of rotatable bonds is 3. The van der Waals surface area contributed by atoms with Crippen LogP contribution in [0.15, 0.2) is 0 Å². The van der Waals surface area contributed by atoms with Gasteiger partial charge in [0.15, 0.2) is 0 Å². The molecule has 0 aliphatic rings. The maximum absolute atomic E-state index is 2.55. The molecular formula is C13H30Si. The molecule has 0 nitrogen and oxygen atoms in total. The third-order valence-electron chi connectivity index (χ3n) is 4.16. The van der Waals surface area contributed by atoms with Crippen LogP contribution >= 0.6 is 0 Å². The minimum absolute atomic E-state index is 0.488. The van der Waals surface area contributed by atoms with Gasteiger partial charge >= 0.3 is 0 Å². The van der Waals surface area contributed by atoms with E-state index in [-0.39, 0.29) is 0 Å². The molecule has 0 rings (SSSR count). The molecule has 0 bridgehead atoms. The number of hydrogen-bond acceptors (Lipinski definition) is 0. The first-order chi connectivity index (χ1) is 5.90. The molecule has 0 aromatic rings. The molecule has 0 aromatic heterocycles. The molecular weight excluding hydrogens is 184 g/mol. The lowest BCUT2D eigenvalue weighted by Crippen LogP contribution is -2.44. The standard InChI is InChI=1S/C13H30Si/c1-11(2)13(6,7)14(8,9)10-12(3,4)5/h11H,10H2,1-9H3. The van der Waals surface area contributed by atoms with Gasteiger partial charge in [-0.25, -0.2) is 0 Å². The van der Waals surface area contributed by atoms with Crippen molar-refractivity contribution in [3.05, 3.63) is 0 Å². The van der Waals surface area contributed by atoms with Gasteiger partial charge in [0.1, 0.15) is 0 Å². The van der Waals surface area contributed by atoms with Gasteiger partial charge < -0.3 is 0 Å². The van der Waals surface area contributed by atoms with Gasteiger partial charge in [-0.3, -0.25) is 0 Å². The van der Waals surface area contributed by atoms with Crippen molar-refractivity contribution in [1.82, 2.24) is 0 Å². The Morgan fingerprint density at radius 1 is 0.929 bits per heavy atom. The van der Waals surface area contributed by atoms with Crippen molar-refractivity contribution in [2.75, 3.05) is 0 Å². The molecule has 0 heterocycles. The van der Waals surface area contributed by atoms with E-state index in [0.29, 0.717) is 10.5 Å². The molecule has 14 heavy (non-hydrogen) atoms. The molecule has 0 saturated carbocycles. The highest BCUT2D eigenvalue weighted by Crippen LogP contribution is 2.48. The predicted octanol–water partition coefficient (Wildman–Crippen LogP) is 5.18. The fourth-order valence-electron chi connectivity index (χ4n) is 2.34. The van der Waals surface area contributed by atoms with E-state index in [9.17, 15) is 0 Å². The van der Waals surface area contributed by atoms with Crippen LogP contribution in [0.25, 0.3) is 0 Å². The van der Waals surface area contributed by atoms with Crippen LogP contribution in [-0.4, -0.2) is 8.07 Å². The Kier molecular flexibility index (Phi) is 4.06. The van der Waals surface area contributed by atoms with E-state index in [1.807, 2.05) is 0 Å². The monoisotopic (exact) mass is 214 g/mol. The van der Waals surface area contributed by atoms with Gasteiger partial charge in [-0.05, 0) is 16.4 Å². The lowest BCUT2D eigenvalue weighted by atomic mass is 9.98. The SMILES string of the molecule is CC(C)C(C)(C)[Si](C)(C)CC(C)(C)C. The van der Waals surface area contributed by atoms with Crippen LogP contribution in [0.5, 0.6) is 0 Å². The molecule has 0 unspecified atom stereocenters. The van der Waals surface area contributed by atoms with Crippen LogP contribution < -0.4 is 0 Å². The van der Waals surface area contributed by atoms with Crippen molar-refractivity contribution >= 4 is 8.07 Å². The predicted molar refractivity (Wildman–Crippen MR) is 70.6 cm³/mol. The van der Waals surface area contributed by atoms with E-state index < -0.39 is 8.07 Å². The van der Waals surface area contributed by atoms with Gasteiger partial charge in [0.25, 0.3) is 0 Å². The highest BCUT2D eigenvalue weighted by atomic mass is 28.3. The van der Waals surface area contributed by atoms with Crippen molar-refractivity contribution in [3.8, 4) is 0 Å². The topological polar surface area (TPSA) is 0 Å². The van der Waals surface area contributed by atoms with Crippen molar-refractivity contribution in [1.29, 1.82) is 0 Å². The van der Waals surface area contributed by atoms with E-state index in [2.05, 4.69) is 61.6 Å². The Balaban J connectivity index is 4.78. The molecule has 0 N–H and O–H groups in total. The van der Waals surface area contributed by atoms with E-state index in [4.69, 9.17) is 0 Å². The summed E-state index contributed by atoms with van der Waals surface area (Å²) in [5, 5.41) is 0.542. The number of hydrogen-bond donors (Lipinski definition) is 0. The Bertz CT molecular complexity index is 182. The largest absolute Gasteiger partial charge is 0.0689 e. The molecule has 1 heteroatoms. The second-order valence-corrected chi connectivity index (χ2v) is 12.9. The summed E-state index contributed by atoms with van der Waals surface area (Å²) in [5.41, 5.74) is 0.488. The molecule has 86 valence electrons. The van der Waals surface area contributed by atoms with Crippen molar-refractivity contribution in [2.45, 2.75) is 72.6 Å². The van der Waals surface area contributed by atoms with Crippen LogP contribution in [0.1, 0.15) is 48.5 Å². The maximum atomic E-state index is 2.55. The molecule has 0 amide bonds. The van der Waals surface area contributed by atoms with Gasteiger partial charge in [-0.1, -0.05) is 67.6 Å². The van der Waals surface area contributed by atoms with Crippen LogP contribution in [0.4, 0.5) is 0 Å². The molecule has 0 spiro atoms. The molecule has 0 aliphatic heterocycles. The quantitative estimate of drug-likeness (QED) is 0.568. The summed E-state index contributed by atoms with van der Waals surface area (Å²) in [6.45, 7) is 21.9. The Hall–Kier alpha value is 0.217. The van der Waals surface area contributed by atoms with Crippen molar-refractivity contribution in [2.24, 2.45) is 11.3 Å². The lowest BCUT2D eigenvalue weighted by Gasteiger charge is -2.46. The van der Waals surface area contributed by atoms with Crippen LogP contribution in [0.3, 0.4) is 0 Å². The zero-order valence-electron chi connectivity index (χ0n) is 11.8. The molecule has 0 saturated heterocycles. The zero-order chi connectivity index (χ0) is 11.8. The van der Waals surface area contributed by atoms with Gasteiger partial charge in [0.05, 0.1) is 8.07 Å². The van der Waals surface area contributed by atoms with E-state index >= 15 is 0 Å². The second-order valence-electron chi connectivity index (χ2n) is 7.50. The highest BCUT2D eigenvalue weighted by Gasteiger charge is 2.42. The van der Waals surface area contributed by atoms with Gasteiger partial charge in [-0.2, -0.15) is 0 Å². The Morgan fingerprint density at radius 2 is 1.29 bits per heavy atom. The summed E-state index contributed by atoms with van der Waals surface area (Å²) in [5.74, 6) is 0.798. The van der Waals surface area contributed by atoms with Crippen LogP contribution in [0, 0.1) is 11.3 Å². The average molecular weight is 214 g/mol. The fraction of sp³-hybridized carbons (Fsp3) is 1.00. The summed E-state index contributed by atoms with van der Waals surface area (Å²) in [7, 11) is -1.13. The van der Waals surface area contributed by atoms with Gasteiger partial charge in [-0.15, -0.1) is 0 Å². The summed E-state index contributed by atoms with van der Waals surface area (Å²) in [4.78, 5) is 0. The average Bonchev–Trinajstić information content (AvgIpc) is 1.80. The summed E-state index contributed by atoms with van der Waals surface area (Å²) < 4.78 is 0. The van der Waals surface area contributed by atoms with E-state index in [1.165, 1.54) is 6.04 Å². The zero-order valence-corrected chi connectivity index (χ0v) is 12.8. The molecule has 0 aromatic carbocycles. The fourth-order valence-corrected chi connectivity index (χ4v) is 7.01. The summed E-state index contributed by atoms with van der Waals surface area (Å²) in [6.07, 6.45) is 0. The highest BCUT2D eigenvalue weighted by molar-refractivity contribution is 6.80. The first-order valence-electron chi connectivity index (χ1n) is 5.90. The third kappa shape index (κ3) is 3.41. The minimum atomic E-state index is -1.13. The van der Waals surface area contributed by atoms with Gasteiger partial charge in [0.2, 0.25) is 0 Å². The first-order valence-corrected chi connectivity index (χ1v) is 9.11. The maximum Gasteiger partial charge on any atom is 0.0538 e. The summed E-state index contributed by atoms with van der Waals surface area (Å²) in [6, 6.07) is 1.42. The van der Waals surface area contributed by atoms with Crippen LogP contribution in [-0.2, 0) is 0 Å². The third-order valence-corrected chi connectivity index (χ3v) is 10.2. The normalized spacial score (nSPS) is 15.0. The lowest BCUT2D eigenvalue weighted by molar-refractivity contribution is 0.417. The summed E-state index contributed by atoms with van der Waals surface area (Å²) >= 11 is 0. The molecule has 0 radical (unpaired) electrons. The van der Waals surface area contributed by atoms with Crippen molar-refractivity contribution in [3.63, 3.8) is 0 Å². The Labute approximate surface area is 92.5 Å². The molecule has 0 atom stereocenters. The van der Waals surface area contributed by atoms with E-state index in [0.717, 1.165) is 5.92 Å². The second kappa shape index (κ2) is 4.00. The molecule has 0 fully saturated rings. The molecule has 0 aliphatic carbocycles. The van der Waals surface area contributed by atoms with Gasteiger partial charge in [0, 0.05) is 0 Å². The Morgan fingerprint density at radius 3 is 1.50 bits per heavy atom. The minimum Gasteiger partial charge on any atom is -0.0689 e. The van der Waals surface area contributed by atoms with E-state index in [1.54, 1.807) is 0 Å². The van der Waals surface area contributed by atoms with Crippen LogP contribution in [0.2, 0.25) is 24.2 Å².